The highest BCUT2D eigenvalue weighted by Gasteiger charge is 2.11. The number of carbonyl (C=O) groups excluding carboxylic acids is 1. The minimum absolute atomic E-state index is 0.00153. The molecule has 0 saturated carbocycles. The van der Waals surface area contributed by atoms with Crippen molar-refractivity contribution in [2.75, 3.05) is 5.73 Å². The molecule has 5 heteroatoms. The van der Waals surface area contributed by atoms with Crippen molar-refractivity contribution >= 4 is 23.3 Å². The molecule has 2 aromatic carbocycles. The van der Waals surface area contributed by atoms with Gasteiger partial charge in [0.25, 0.3) is 0 Å². The summed E-state index contributed by atoms with van der Waals surface area (Å²) in [6, 6.07) is 9.46. The van der Waals surface area contributed by atoms with Crippen LogP contribution in [0.1, 0.15) is 21.5 Å². The third-order valence-corrected chi connectivity index (χ3v) is 3.02. The molecule has 0 aliphatic carbocycles. The first-order chi connectivity index (χ1) is 9.47. The predicted octanol–water partition coefficient (Wildman–Crippen LogP) is 3.73. The van der Waals surface area contributed by atoms with Crippen molar-refractivity contribution in [3.05, 3.63) is 63.9 Å². The first-order valence-electron chi connectivity index (χ1n) is 5.94. The summed E-state index contributed by atoms with van der Waals surface area (Å²) in [4.78, 5) is 11.9. The molecule has 0 aromatic heterocycles. The molecule has 2 N–H and O–H groups in total. The van der Waals surface area contributed by atoms with Crippen LogP contribution in [-0.2, 0) is 11.3 Å². The Morgan fingerprint density at radius 1 is 1.35 bits per heavy atom. The lowest BCUT2D eigenvalue weighted by atomic mass is 10.1. The summed E-state index contributed by atoms with van der Waals surface area (Å²) < 4.78 is 18.7. The van der Waals surface area contributed by atoms with Gasteiger partial charge in [0.1, 0.15) is 12.4 Å². The van der Waals surface area contributed by atoms with Gasteiger partial charge in [-0.2, -0.15) is 0 Å². The molecule has 3 nitrogen and oxygen atoms in total. The average molecular weight is 294 g/mol. The third-order valence-electron chi connectivity index (χ3n) is 2.73. The van der Waals surface area contributed by atoms with Gasteiger partial charge in [0.2, 0.25) is 0 Å². The zero-order valence-corrected chi connectivity index (χ0v) is 11.6. The van der Waals surface area contributed by atoms with Gasteiger partial charge in [0.15, 0.2) is 0 Å². The summed E-state index contributed by atoms with van der Waals surface area (Å²) in [6.07, 6.45) is 0. The van der Waals surface area contributed by atoms with Gasteiger partial charge in [-0.25, -0.2) is 9.18 Å². The molecule has 0 heterocycles. The van der Waals surface area contributed by atoms with E-state index in [4.69, 9.17) is 22.1 Å². The Hall–Kier alpha value is -2.07. The highest BCUT2D eigenvalue weighted by Crippen LogP contribution is 2.19. The van der Waals surface area contributed by atoms with Crippen LogP contribution in [-0.4, -0.2) is 5.97 Å². The zero-order valence-electron chi connectivity index (χ0n) is 10.8. The maximum Gasteiger partial charge on any atom is 0.338 e. The second-order valence-corrected chi connectivity index (χ2v) is 4.83. The lowest BCUT2D eigenvalue weighted by Crippen LogP contribution is -2.07. The van der Waals surface area contributed by atoms with E-state index in [1.54, 1.807) is 18.2 Å². The number of aryl methyl sites for hydroxylation is 1. The molecular weight excluding hydrogens is 281 g/mol. The Balaban J connectivity index is 2.10. The van der Waals surface area contributed by atoms with Crippen molar-refractivity contribution in [2.24, 2.45) is 0 Å². The average Bonchev–Trinajstić information content (AvgIpc) is 2.39. The molecule has 0 fully saturated rings. The van der Waals surface area contributed by atoms with Gasteiger partial charge in [-0.05, 0) is 36.8 Å². The summed E-state index contributed by atoms with van der Waals surface area (Å²) in [6.45, 7) is 1.64. The Morgan fingerprint density at radius 3 is 2.80 bits per heavy atom. The largest absolute Gasteiger partial charge is 0.457 e. The molecule has 0 bridgehead atoms. The fourth-order valence-corrected chi connectivity index (χ4v) is 2.01. The molecule has 104 valence electrons. The Morgan fingerprint density at radius 2 is 2.10 bits per heavy atom. The Bertz CT molecular complexity index is 638. The summed E-state index contributed by atoms with van der Waals surface area (Å²) >= 11 is 5.66. The van der Waals surface area contributed by atoms with Crippen molar-refractivity contribution < 1.29 is 13.9 Å². The molecular formula is C15H13ClFNO2. The maximum absolute atomic E-state index is 13.6. The van der Waals surface area contributed by atoms with Crippen LogP contribution in [0.5, 0.6) is 0 Å². The SMILES string of the molecule is Cc1cc(N)cc(C(=O)OCc2cccc(Cl)c2F)c1. The van der Waals surface area contributed by atoms with Gasteiger partial charge < -0.3 is 10.5 Å². The van der Waals surface area contributed by atoms with Gasteiger partial charge in [0, 0.05) is 11.3 Å². The van der Waals surface area contributed by atoms with Crippen molar-refractivity contribution in [3.63, 3.8) is 0 Å². The minimum Gasteiger partial charge on any atom is -0.457 e. The fourth-order valence-electron chi connectivity index (χ4n) is 1.82. The van der Waals surface area contributed by atoms with Crippen molar-refractivity contribution in [1.82, 2.24) is 0 Å². The minimum atomic E-state index is -0.578. The Labute approximate surface area is 121 Å². The van der Waals surface area contributed by atoms with Gasteiger partial charge in [0.05, 0.1) is 10.6 Å². The molecule has 0 amide bonds. The first-order valence-corrected chi connectivity index (χ1v) is 6.32. The smallest absolute Gasteiger partial charge is 0.338 e. The molecule has 0 aliphatic rings. The Kier molecular flexibility index (Phi) is 4.25. The molecule has 20 heavy (non-hydrogen) atoms. The number of benzene rings is 2. The zero-order chi connectivity index (χ0) is 14.7. The van der Waals surface area contributed by atoms with E-state index in [2.05, 4.69) is 0 Å². The molecule has 0 unspecified atom stereocenters. The molecule has 0 atom stereocenters. The van der Waals surface area contributed by atoms with E-state index in [1.165, 1.54) is 18.2 Å². The third kappa shape index (κ3) is 3.27. The van der Waals surface area contributed by atoms with Crippen LogP contribution in [0.2, 0.25) is 5.02 Å². The van der Waals surface area contributed by atoms with Crippen LogP contribution in [0.25, 0.3) is 0 Å². The monoisotopic (exact) mass is 293 g/mol. The topological polar surface area (TPSA) is 52.3 Å². The number of ether oxygens (including phenoxy) is 1. The second-order valence-electron chi connectivity index (χ2n) is 4.42. The first kappa shape index (κ1) is 14.3. The second kappa shape index (κ2) is 5.92. The number of rotatable bonds is 3. The number of hydrogen-bond acceptors (Lipinski definition) is 3. The number of nitrogen functional groups attached to an aromatic ring is 1. The number of carbonyl (C=O) groups is 1. The molecule has 2 rings (SSSR count). The van der Waals surface area contributed by atoms with E-state index >= 15 is 0 Å². The van der Waals surface area contributed by atoms with Crippen LogP contribution in [0.3, 0.4) is 0 Å². The predicted molar refractivity (Wildman–Crippen MR) is 76.1 cm³/mol. The number of anilines is 1. The normalized spacial score (nSPS) is 10.3. The van der Waals surface area contributed by atoms with E-state index in [1.807, 2.05) is 6.92 Å². The van der Waals surface area contributed by atoms with Gasteiger partial charge in [-0.3, -0.25) is 0 Å². The van der Waals surface area contributed by atoms with E-state index in [-0.39, 0.29) is 17.2 Å². The summed E-state index contributed by atoms with van der Waals surface area (Å²) in [5, 5.41) is -0.00153. The summed E-state index contributed by atoms with van der Waals surface area (Å²) in [5.41, 5.74) is 7.56. The van der Waals surface area contributed by atoms with Crippen LogP contribution < -0.4 is 5.73 Å². The lowest BCUT2D eigenvalue weighted by Gasteiger charge is -2.08. The van der Waals surface area contributed by atoms with Crippen molar-refractivity contribution in [3.8, 4) is 0 Å². The van der Waals surface area contributed by atoms with E-state index in [0.717, 1.165) is 5.56 Å². The fraction of sp³-hybridized carbons (Fsp3) is 0.133. The van der Waals surface area contributed by atoms with E-state index < -0.39 is 11.8 Å². The van der Waals surface area contributed by atoms with Gasteiger partial charge in [-0.1, -0.05) is 23.7 Å². The molecule has 0 saturated heterocycles. The number of esters is 1. The maximum atomic E-state index is 13.6. The number of hydrogen-bond donors (Lipinski definition) is 1. The number of halogens is 2. The highest BCUT2D eigenvalue weighted by atomic mass is 35.5. The van der Waals surface area contributed by atoms with Crippen LogP contribution >= 0.6 is 11.6 Å². The van der Waals surface area contributed by atoms with Crippen LogP contribution in [0, 0.1) is 12.7 Å². The quantitative estimate of drug-likeness (QED) is 0.693. The van der Waals surface area contributed by atoms with Gasteiger partial charge >= 0.3 is 5.97 Å². The molecule has 0 spiro atoms. The van der Waals surface area contributed by atoms with Gasteiger partial charge in [-0.15, -0.1) is 0 Å². The summed E-state index contributed by atoms with van der Waals surface area (Å²) in [7, 11) is 0. The van der Waals surface area contributed by atoms with Crippen molar-refractivity contribution in [2.45, 2.75) is 13.5 Å². The van der Waals surface area contributed by atoms with Crippen LogP contribution in [0.4, 0.5) is 10.1 Å². The van der Waals surface area contributed by atoms with E-state index in [0.29, 0.717) is 11.3 Å². The molecule has 0 radical (unpaired) electrons. The summed E-state index contributed by atoms with van der Waals surface area (Å²) in [5.74, 6) is -1.13. The highest BCUT2D eigenvalue weighted by molar-refractivity contribution is 6.30. The lowest BCUT2D eigenvalue weighted by molar-refractivity contribution is 0.0469. The standard InChI is InChI=1S/C15H13ClFNO2/c1-9-5-11(7-12(18)6-9)15(19)20-8-10-3-2-4-13(16)14(10)17/h2-7H,8,18H2,1H3. The van der Waals surface area contributed by atoms with Crippen LogP contribution in [0.15, 0.2) is 36.4 Å². The molecule has 2 aromatic rings. The van der Waals surface area contributed by atoms with Crippen molar-refractivity contribution in [1.29, 1.82) is 0 Å². The molecule has 0 aliphatic heterocycles. The number of nitrogens with two attached hydrogens (primary N) is 1. The van der Waals surface area contributed by atoms with E-state index in [9.17, 15) is 9.18 Å².